The zero-order chi connectivity index (χ0) is 48.8. The molecule has 0 saturated carbocycles. The minimum atomic E-state index is -1.56. The molecule has 4 atom stereocenters. The van der Waals surface area contributed by atoms with Crippen LogP contribution in [-0.4, -0.2) is 46.3 Å². The first-order chi connectivity index (χ1) is 33.3. The average Bonchev–Trinajstić information content (AvgIpc) is 3.34. The molecule has 2 amide bonds. The maximum Gasteiger partial charge on any atom is 0.235 e. The standard InChI is InChI=1S/C63H66N2O4/c1-7-61(8-2,59(66)64-41-62(68,39-47-23-13-19-43(3)35-47)57(51-29-15-21-45(5)37-51)55-33-17-27-49-25-9-11-31-53(49)55)60(67)65-42-63(69,40-48-24-14-20-44(4)36-48)58(52-30-16-22-46(6)38-52)56-34-18-28-50-26-10-12-32-54(50)56/h9-38,57-58,68-69H,7-8,39-42H2,1-6H3,(H,64,66)(H,65,67). The predicted molar refractivity (Wildman–Crippen MR) is 283 cm³/mol. The highest BCUT2D eigenvalue weighted by Gasteiger charge is 2.48. The lowest BCUT2D eigenvalue weighted by Crippen LogP contribution is -2.58. The average molecular weight is 915 g/mol. The molecular formula is C63H66N2O4. The largest absolute Gasteiger partial charge is 0.387 e. The monoisotopic (exact) mass is 915 g/mol. The van der Waals surface area contributed by atoms with Crippen LogP contribution in [0.25, 0.3) is 21.5 Å². The number of aliphatic hydroxyl groups is 2. The second kappa shape index (κ2) is 20.8. The molecule has 0 heterocycles. The van der Waals surface area contributed by atoms with Crippen LogP contribution >= 0.6 is 0 Å². The lowest BCUT2D eigenvalue weighted by molar-refractivity contribution is -0.146. The van der Waals surface area contributed by atoms with Crippen molar-refractivity contribution in [2.24, 2.45) is 5.41 Å². The van der Waals surface area contributed by atoms with Gasteiger partial charge < -0.3 is 20.8 Å². The fourth-order valence-corrected chi connectivity index (χ4v) is 10.9. The lowest BCUT2D eigenvalue weighted by Gasteiger charge is -2.40. The van der Waals surface area contributed by atoms with Crippen molar-refractivity contribution in [1.29, 1.82) is 0 Å². The zero-order valence-electron chi connectivity index (χ0n) is 40.9. The van der Waals surface area contributed by atoms with E-state index in [1.54, 1.807) is 0 Å². The smallest absolute Gasteiger partial charge is 0.235 e. The number of fused-ring (bicyclic) bond motifs is 2. The molecule has 4 unspecified atom stereocenters. The third-order valence-electron chi connectivity index (χ3n) is 14.5. The first kappa shape index (κ1) is 48.6. The molecule has 4 N–H and O–H groups in total. The molecule has 352 valence electrons. The number of benzene rings is 8. The number of hydrogen-bond donors (Lipinski definition) is 4. The van der Waals surface area contributed by atoms with E-state index >= 15 is 9.59 Å². The number of amides is 2. The minimum Gasteiger partial charge on any atom is -0.387 e. The number of nitrogens with one attached hydrogen (secondary N) is 2. The van der Waals surface area contributed by atoms with E-state index in [-0.39, 0.29) is 38.8 Å². The highest BCUT2D eigenvalue weighted by molar-refractivity contribution is 6.05. The third-order valence-corrected chi connectivity index (χ3v) is 14.5. The Labute approximate surface area is 408 Å². The van der Waals surface area contributed by atoms with Crippen molar-refractivity contribution in [1.82, 2.24) is 10.6 Å². The topological polar surface area (TPSA) is 98.7 Å². The molecule has 0 fully saturated rings. The molecule has 0 spiro atoms. The second-order valence-corrected chi connectivity index (χ2v) is 19.5. The van der Waals surface area contributed by atoms with E-state index in [0.717, 1.165) is 77.2 Å². The summed E-state index contributed by atoms with van der Waals surface area (Å²) in [5.41, 5.74) is 5.21. The van der Waals surface area contributed by atoms with Crippen LogP contribution in [0.2, 0.25) is 0 Å². The van der Waals surface area contributed by atoms with Crippen molar-refractivity contribution in [2.75, 3.05) is 13.1 Å². The normalized spacial score (nSPS) is 14.4. The van der Waals surface area contributed by atoms with Crippen LogP contribution in [0.1, 0.15) is 94.2 Å². The maximum absolute atomic E-state index is 15.2. The summed E-state index contributed by atoms with van der Waals surface area (Å²) in [4.78, 5) is 30.3. The van der Waals surface area contributed by atoms with E-state index in [9.17, 15) is 10.2 Å². The summed E-state index contributed by atoms with van der Waals surface area (Å²) >= 11 is 0. The second-order valence-electron chi connectivity index (χ2n) is 19.5. The van der Waals surface area contributed by atoms with Crippen molar-refractivity contribution in [3.63, 3.8) is 0 Å². The van der Waals surface area contributed by atoms with Gasteiger partial charge in [0.15, 0.2) is 0 Å². The minimum absolute atomic E-state index is 0.134. The molecule has 0 aliphatic rings. The maximum atomic E-state index is 15.2. The third kappa shape index (κ3) is 10.4. The van der Waals surface area contributed by atoms with Gasteiger partial charge in [0, 0.05) is 37.8 Å². The molecule has 0 bridgehead atoms. The van der Waals surface area contributed by atoms with Gasteiger partial charge in [0.2, 0.25) is 11.8 Å². The summed E-state index contributed by atoms with van der Waals surface area (Å²) in [5, 5.41) is 37.7. The summed E-state index contributed by atoms with van der Waals surface area (Å²) in [5.74, 6) is -2.08. The number of hydrogen-bond acceptors (Lipinski definition) is 4. The highest BCUT2D eigenvalue weighted by atomic mass is 16.3. The van der Waals surface area contributed by atoms with Gasteiger partial charge in [-0.3, -0.25) is 9.59 Å². The summed E-state index contributed by atoms with van der Waals surface area (Å²) in [6, 6.07) is 61.5. The first-order valence-corrected chi connectivity index (χ1v) is 24.5. The van der Waals surface area contributed by atoms with Gasteiger partial charge in [-0.15, -0.1) is 0 Å². The van der Waals surface area contributed by atoms with Gasteiger partial charge >= 0.3 is 0 Å². The van der Waals surface area contributed by atoms with Crippen molar-refractivity contribution in [3.05, 3.63) is 238 Å². The van der Waals surface area contributed by atoms with Crippen molar-refractivity contribution >= 4 is 33.4 Å². The Hall–Kier alpha value is -6.86. The molecule has 69 heavy (non-hydrogen) atoms. The number of aryl methyl sites for hydroxylation is 4. The summed E-state index contributed by atoms with van der Waals surface area (Å²) < 4.78 is 0. The summed E-state index contributed by atoms with van der Waals surface area (Å²) in [7, 11) is 0. The Morgan fingerprint density at radius 1 is 0.449 bits per heavy atom. The molecule has 0 aliphatic carbocycles. The molecule has 6 nitrogen and oxygen atoms in total. The molecule has 8 rings (SSSR count). The van der Waals surface area contributed by atoms with Gasteiger partial charge in [0.25, 0.3) is 0 Å². The number of rotatable bonds is 18. The van der Waals surface area contributed by atoms with Crippen LogP contribution in [0.3, 0.4) is 0 Å². The van der Waals surface area contributed by atoms with E-state index in [1.165, 1.54) is 0 Å². The van der Waals surface area contributed by atoms with E-state index in [0.29, 0.717) is 0 Å². The first-order valence-electron chi connectivity index (χ1n) is 24.5. The Morgan fingerprint density at radius 3 is 1.17 bits per heavy atom. The molecule has 0 aliphatic heterocycles. The van der Waals surface area contributed by atoms with Crippen molar-refractivity contribution in [2.45, 2.75) is 90.3 Å². The van der Waals surface area contributed by atoms with Gasteiger partial charge in [0.05, 0.1) is 11.2 Å². The fraction of sp³-hybridized carbons (Fsp3) is 0.270. The van der Waals surface area contributed by atoms with Gasteiger partial charge in [-0.2, -0.15) is 0 Å². The number of carbonyl (C=O) groups is 2. The van der Waals surface area contributed by atoms with E-state index in [4.69, 9.17) is 0 Å². The van der Waals surface area contributed by atoms with Crippen LogP contribution in [0.5, 0.6) is 0 Å². The quantitative estimate of drug-likeness (QED) is 0.0645. The molecular weight excluding hydrogens is 849 g/mol. The molecule has 0 saturated heterocycles. The van der Waals surface area contributed by atoms with Crippen LogP contribution in [0, 0.1) is 33.1 Å². The lowest BCUT2D eigenvalue weighted by atomic mass is 9.72. The van der Waals surface area contributed by atoms with E-state index < -0.39 is 40.3 Å². The molecule has 0 radical (unpaired) electrons. The molecule has 0 aromatic heterocycles. The highest BCUT2D eigenvalue weighted by Crippen LogP contribution is 2.43. The van der Waals surface area contributed by atoms with Crippen LogP contribution in [0.15, 0.2) is 182 Å². The van der Waals surface area contributed by atoms with Gasteiger partial charge in [-0.1, -0.05) is 218 Å². The summed E-state index contributed by atoms with van der Waals surface area (Å²) in [6.07, 6.45) is 0.857. The zero-order valence-corrected chi connectivity index (χ0v) is 40.9. The van der Waals surface area contributed by atoms with Crippen molar-refractivity contribution in [3.8, 4) is 0 Å². The Morgan fingerprint density at radius 2 is 0.797 bits per heavy atom. The van der Waals surface area contributed by atoms with Crippen LogP contribution in [-0.2, 0) is 22.4 Å². The van der Waals surface area contributed by atoms with Gasteiger partial charge in [-0.25, -0.2) is 0 Å². The molecule has 8 aromatic carbocycles. The van der Waals surface area contributed by atoms with E-state index in [1.807, 2.05) is 139 Å². The Balaban J connectivity index is 1.17. The predicted octanol–water partition coefficient (Wildman–Crippen LogP) is 12.2. The van der Waals surface area contributed by atoms with Gasteiger partial charge in [0.1, 0.15) is 5.41 Å². The molecule has 8 aromatic rings. The van der Waals surface area contributed by atoms with Crippen LogP contribution < -0.4 is 10.6 Å². The van der Waals surface area contributed by atoms with Crippen LogP contribution in [0.4, 0.5) is 0 Å². The fourth-order valence-electron chi connectivity index (χ4n) is 10.9. The van der Waals surface area contributed by atoms with Crippen molar-refractivity contribution < 1.29 is 19.8 Å². The summed E-state index contributed by atoms with van der Waals surface area (Å²) in [6.45, 7) is 11.6. The number of carbonyl (C=O) groups excluding carboxylic acids is 2. The molecule has 6 heteroatoms. The Kier molecular flexibility index (Phi) is 14.6. The Bertz CT molecular complexity index is 2880. The van der Waals surface area contributed by atoms with E-state index in [2.05, 4.69) is 95.6 Å². The van der Waals surface area contributed by atoms with Gasteiger partial charge in [-0.05, 0) is 95.5 Å². The SMILES string of the molecule is CCC(CC)(C(=O)NCC(O)(Cc1cccc(C)c1)C(c1cccc(C)c1)c1cccc2ccccc12)C(=O)NCC(O)(Cc1cccc(C)c1)C(c1cccc(C)c1)c1cccc2ccccc12.